The fraction of sp³-hybridized carbons (Fsp3) is 0.320. The van der Waals surface area contributed by atoms with Gasteiger partial charge in [0.15, 0.2) is 5.69 Å². The van der Waals surface area contributed by atoms with Crippen molar-refractivity contribution >= 4 is 39.1 Å². The van der Waals surface area contributed by atoms with Crippen molar-refractivity contribution in [2.45, 2.75) is 26.3 Å². The van der Waals surface area contributed by atoms with Crippen LogP contribution in [0.4, 0.5) is 0 Å². The van der Waals surface area contributed by atoms with E-state index in [4.69, 9.17) is 14.2 Å². The van der Waals surface area contributed by atoms with Gasteiger partial charge in [-0.3, -0.25) is 4.79 Å². The molecule has 1 aromatic heterocycles. The maximum absolute atomic E-state index is 13.5. The van der Waals surface area contributed by atoms with E-state index in [1.165, 1.54) is 16.9 Å². The zero-order valence-corrected chi connectivity index (χ0v) is 21.8. The Kier molecular flexibility index (Phi) is 9.47. The molecule has 7 nitrogen and oxygen atoms in total. The number of aromatic nitrogens is 1. The molecule has 0 atom stereocenters. The second-order valence-corrected chi connectivity index (χ2v) is 9.77. The lowest BCUT2D eigenvalue weighted by Gasteiger charge is -2.22. The molecular weight excluding hydrogens is 520 g/mol. The molecule has 34 heavy (non-hydrogen) atoms. The van der Waals surface area contributed by atoms with Crippen LogP contribution >= 0.6 is 27.3 Å². The van der Waals surface area contributed by atoms with Crippen LogP contribution in [0.15, 0.2) is 52.3 Å². The Balaban J connectivity index is 1.84. The number of hydrogen-bond donors (Lipinski definition) is 0. The topological polar surface area (TPSA) is 78.0 Å². The van der Waals surface area contributed by atoms with Crippen molar-refractivity contribution in [1.29, 1.82) is 0 Å². The van der Waals surface area contributed by atoms with Gasteiger partial charge >= 0.3 is 5.97 Å². The van der Waals surface area contributed by atoms with Crippen LogP contribution in [-0.4, -0.2) is 49.1 Å². The number of nitrogens with zero attached hydrogens (tertiary/aromatic N) is 2. The van der Waals surface area contributed by atoms with E-state index in [1.54, 1.807) is 44.2 Å². The van der Waals surface area contributed by atoms with Gasteiger partial charge in [0.1, 0.15) is 20.3 Å². The number of rotatable bonds is 11. The minimum absolute atomic E-state index is 0.172. The molecule has 3 rings (SSSR count). The second-order valence-electron chi connectivity index (χ2n) is 7.37. The lowest BCUT2D eigenvalue weighted by atomic mass is 10.1. The number of aryl methyl sites for hydroxylation is 1. The van der Waals surface area contributed by atoms with E-state index in [9.17, 15) is 9.59 Å². The zero-order chi connectivity index (χ0) is 24.5. The van der Waals surface area contributed by atoms with Gasteiger partial charge in [0.2, 0.25) is 0 Å². The summed E-state index contributed by atoms with van der Waals surface area (Å²) in [6.07, 6.45) is 1.61. The molecule has 0 aliphatic rings. The smallest absolute Gasteiger partial charge is 0.359 e. The molecular formula is C25H27BrN2O5S. The molecule has 2 aromatic carbocycles. The highest BCUT2D eigenvalue weighted by Crippen LogP contribution is 2.28. The number of methoxy groups -OCH3 is 2. The number of amides is 1. The molecule has 0 bridgehead atoms. The highest BCUT2D eigenvalue weighted by molar-refractivity contribution is 9.11. The molecule has 3 aromatic rings. The van der Waals surface area contributed by atoms with Gasteiger partial charge in [-0.1, -0.05) is 30.3 Å². The fourth-order valence-electron chi connectivity index (χ4n) is 3.38. The zero-order valence-electron chi connectivity index (χ0n) is 19.4. The van der Waals surface area contributed by atoms with Gasteiger partial charge in [-0.15, -0.1) is 11.3 Å². The molecule has 0 saturated heterocycles. The van der Waals surface area contributed by atoms with Gasteiger partial charge in [-0.25, -0.2) is 9.78 Å². The molecule has 9 heteroatoms. The van der Waals surface area contributed by atoms with Crippen LogP contribution in [0.2, 0.25) is 0 Å². The first-order chi connectivity index (χ1) is 16.4. The summed E-state index contributed by atoms with van der Waals surface area (Å²) in [5, 5.41) is 0.637. The van der Waals surface area contributed by atoms with Crippen molar-refractivity contribution in [2.24, 2.45) is 0 Å². The van der Waals surface area contributed by atoms with Crippen LogP contribution in [0.1, 0.15) is 44.8 Å². The minimum Gasteiger partial charge on any atom is -0.497 e. The van der Waals surface area contributed by atoms with Crippen molar-refractivity contribution in [3.63, 3.8) is 0 Å². The van der Waals surface area contributed by atoms with Gasteiger partial charge < -0.3 is 19.1 Å². The molecule has 0 radical (unpaired) electrons. The van der Waals surface area contributed by atoms with E-state index in [-0.39, 0.29) is 24.8 Å². The average Bonchev–Trinajstić information content (AvgIpc) is 3.23. The summed E-state index contributed by atoms with van der Waals surface area (Å²) in [4.78, 5) is 31.9. The predicted molar refractivity (Wildman–Crippen MR) is 135 cm³/mol. The van der Waals surface area contributed by atoms with E-state index < -0.39 is 5.97 Å². The van der Waals surface area contributed by atoms with E-state index >= 15 is 0 Å². The Morgan fingerprint density at radius 1 is 1.06 bits per heavy atom. The fourth-order valence-corrected chi connectivity index (χ4v) is 4.99. The largest absolute Gasteiger partial charge is 0.497 e. The number of halogens is 1. The Morgan fingerprint density at radius 3 is 2.35 bits per heavy atom. The molecule has 0 N–H and O–H groups in total. The van der Waals surface area contributed by atoms with Crippen molar-refractivity contribution in [3.8, 4) is 11.5 Å². The summed E-state index contributed by atoms with van der Waals surface area (Å²) in [6.45, 7) is 2.78. The third-order valence-electron chi connectivity index (χ3n) is 5.05. The number of carbonyl (C=O) groups is 2. The molecule has 0 fully saturated rings. The van der Waals surface area contributed by atoms with Gasteiger partial charge in [0, 0.05) is 18.2 Å². The van der Waals surface area contributed by atoms with Gasteiger partial charge in [-0.05, 0) is 53.4 Å². The third-order valence-corrected chi connectivity index (χ3v) is 6.74. The monoisotopic (exact) mass is 546 g/mol. The van der Waals surface area contributed by atoms with Gasteiger partial charge in [-0.2, -0.15) is 0 Å². The first-order valence-corrected chi connectivity index (χ1v) is 12.4. The summed E-state index contributed by atoms with van der Waals surface area (Å²) in [5.41, 5.74) is 1.89. The van der Waals surface area contributed by atoms with Crippen LogP contribution in [0.5, 0.6) is 11.5 Å². The van der Waals surface area contributed by atoms with Gasteiger partial charge in [0.25, 0.3) is 5.91 Å². The van der Waals surface area contributed by atoms with Crippen LogP contribution in [0, 0.1) is 0 Å². The Bertz CT molecular complexity index is 1100. The quantitative estimate of drug-likeness (QED) is 0.300. The summed E-state index contributed by atoms with van der Waals surface area (Å²) in [5.74, 6) is 0.410. The number of hydrogen-bond acceptors (Lipinski definition) is 7. The van der Waals surface area contributed by atoms with E-state index in [2.05, 4.69) is 33.0 Å². The highest BCUT2D eigenvalue weighted by Gasteiger charge is 2.23. The summed E-state index contributed by atoms with van der Waals surface area (Å²) < 4.78 is 16.3. The number of ether oxygens (including phenoxy) is 3. The predicted octanol–water partition coefficient (Wildman–Crippen LogP) is 5.37. The molecule has 0 aliphatic carbocycles. The number of esters is 1. The molecule has 0 spiro atoms. The maximum Gasteiger partial charge on any atom is 0.359 e. The first kappa shape index (κ1) is 25.7. The normalized spacial score (nSPS) is 10.6. The Morgan fingerprint density at radius 2 is 1.74 bits per heavy atom. The van der Waals surface area contributed by atoms with Gasteiger partial charge in [0.05, 0.1) is 27.4 Å². The minimum atomic E-state index is -0.489. The molecule has 0 aliphatic heterocycles. The molecule has 1 amide bonds. The van der Waals surface area contributed by atoms with Crippen LogP contribution < -0.4 is 9.47 Å². The van der Waals surface area contributed by atoms with E-state index in [1.807, 2.05) is 18.2 Å². The van der Waals surface area contributed by atoms with E-state index in [0.717, 1.165) is 12.8 Å². The summed E-state index contributed by atoms with van der Waals surface area (Å²) in [6, 6.07) is 15.2. The molecule has 1 heterocycles. The average molecular weight is 547 g/mol. The van der Waals surface area contributed by atoms with E-state index in [0.29, 0.717) is 32.4 Å². The van der Waals surface area contributed by atoms with Crippen molar-refractivity contribution in [1.82, 2.24) is 9.88 Å². The van der Waals surface area contributed by atoms with Crippen LogP contribution in [0.25, 0.3) is 0 Å². The Labute approximate surface area is 211 Å². The summed E-state index contributed by atoms with van der Waals surface area (Å²) >= 11 is 4.72. The second kappa shape index (κ2) is 12.5. The number of thiazole rings is 1. The first-order valence-electron chi connectivity index (χ1n) is 10.8. The standard InChI is InChI=1S/C25H27BrN2O5S/c1-4-33-25(30)22-23(26)34-21(27-22)16-28(12-8-11-17-9-6-5-7-10-17)24(29)18-13-19(31-2)15-20(14-18)32-3/h5-7,9-10,13-15H,4,8,11-12,16H2,1-3H3. The lowest BCUT2D eigenvalue weighted by molar-refractivity contribution is 0.0519. The highest BCUT2D eigenvalue weighted by atomic mass is 79.9. The molecule has 0 unspecified atom stereocenters. The molecule has 0 saturated carbocycles. The summed E-state index contributed by atoms with van der Waals surface area (Å²) in [7, 11) is 3.09. The van der Waals surface area contributed by atoms with Crippen molar-refractivity contribution < 1.29 is 23.8 Å². The maximum atomic E-state index is 13.5. The van der Waals surface area contributed by atoms with Crippen molar-refractivity contribution in [2.75, 3.05) is 27.4 Å². The SMILES string of the molecule is CCOC(=O)c1nc(CN(CCCc2ccccc2)C(=O)c2cc(OC)cc(OC)c2)sc1Br. The third kappa shape index (κ3) is 6.80. The lowest BCUT2D eigenvalue weighted by Crippen LogP contribution is -2.32. The molecule has 180 valence electrons. The number of benzene rings is 2. The van der Waals surface area contributed by atoms with Crippen molar-refractivity contribution in [3.05, 3.63) is 74.1 Å². The van der Waals surface area contributed by atoms with Crippen LogP contribution in [-0.2, 0) is 17.7 Å². The Hall–Kier alpha value is -2.91. The van der Waals surface area contributed by atoms with Crippen LogP contribution in [0.3, 0.4) is 0 Å². The number of carbonyl (C=O) groups excluding carboxylic acids is 2.